The van der Waals surface area contributed by atoms with Gasteiger partial charge in [-0.25, -0.2) is 0 Å². The Hall–Kier alpha value is -1.82. The van der Waals surface area contributed by atoms with Gasteiger partial charge in [0.15, 0.2) is 5.75 Å². The normalized spacial score (nSPS) is 18.4. The number of nitro groups is 1. The molecule has 0 aliphatic carbocycles. The van der Waals surface area contributed by atoms with Crippen molar-refractivity contribution in [2.45, 2.75) is 12.5 Å². The van der Waals surface area contributed by atoms with Crippen LogP contribution < -0.4 is 14.8 Å². The lowest BCUT2D eigenvalue weighted by molar-refractivity contribution is -0.385. The van der Waals surface area contributed by atoms with Crippen LogP contribution >= 0.6 is 0 Å². The van der Waals surface area contributed by atoms with Gasteiger partial charge in [0.05, 0.1) is 19.1 Å². The number of benzene rings is 1. The predicted molar refractivity (Wildman–Crippen MR) is 61.6 cm³/mol. The zero-order valence-corrected chi connectivity index (χ0v) is 9.73. The molecule has 1 aromatic carbocycles. The number of nitro benzene ring substituents is 1. The summed E-state index contributed by atoms with van der Waals surface area (Å²) >= 11 is 0. The summed E-state index contributed by atoms with van der Waals surface area (Å²) in [6.07, 6.45) is 0.979. The fraction of sp³-hybridized carbons (Fsp3) is 0.455. The average Bonchev–Trinajstić information content (AvgIpc) is 2.25. The van der Waals surface area contributed by atoms with Crippen molar-refractivity contribution in [1.82, 2.24) is 5.32 Å². The number of nitrogens with zero attached hydrogens (tertiary/aromatic N) is 1. The zero-order chi connectivity index (χ0) is 12.4. The minimum Gasteiger partial charge on any atom is -0.493 e. The molecule has 0 bridgehead atoms. The number of rotatable bonds is 4. The predicted octanol–water partition coefficient (Wildman–Crippen LogP) is 1.65. The van der Waals surface area contributed by atoms with Crippen LogP contribution in [-0.2, 0) is 0 Å². The van der Waals surface area contributed by atoms with Gasteiger partial charge in [-0.3, -0.25) is 10.1 Å². The Bertz CT molecular complexity index is 443. The van der Waals surface area contributed by atoms with Gasteiger partial charge >= 0.3 is 5.69 Å². The Balaban J connectivity index is 2.49. The second kappa shape index (κ2) is 4.58. The number of nitrogens with one attached hydrogen (secondary N) is 1. The lowest BCUT2D eigenvalue weighted by Crippen LogP contribution is -2.34. The van der Waals surface area contributed by atoms with E-state index in [1.54, 1.807) is 6.07 Å². The van der Waals surface area contributed by atoms with E-state index in [4.69, 9.17) is 9.47 Å². The number of hydrogen-bond acceptors (Lipinski definition) is 5. The van der Waals surface area contributed by atoms with E-state index in [1.807, 2.05) is 0 Å². The van der Waals surface area contributed by atoms with Gasteiger partial charge in [-0.2, -0.15) is 0 Å². The van der Waals surface area contributed by atoms with E-state index in [-0.39, 0.29) is 17.5 Å². The van der Waals surface area contributed by atoms with E-state index in [9.17, 15) is 10.1 Å². The smallest absolute Gasteiger partial charge is 0.315 e. The largest absolute Gasteiger partial charge is 0.493 e. The summed E-state index contributed by atoms with van der Waals surface area (Å²) in [5.74, 6) is 0.561. The first-order chi connectivity index (χ1) is 8.17. The Labute approximate surface area is 98.7 Å². The van der Waals surface area contributed by atoms with E-state index < -0.39 is 4.92 Å². The highest BCUT2D eigenvalue weighted by atomic mass is 16.6. The second-order valence-corrected chi connectivity index (χ2v) is 3.83. The van der Waals surface area contributed by atoms with Crippen molar-refractivity contribution in [3.8, 4) is 11.5 Å². The molecule has 1 saturated heterocycles. The summed E-state index contributed by atoms with van der Waals surface area (Å²) in [6, 6.07) is 3.49. The first-order valence-corrected chi connectivity index (χ1v) is 5.31. The molecule has 6 heteroatoms. The van der Waals surface area contributed by atoms with Crippen molar-refractivity contribution in [2.24, 2.45) is 0 Å². The third kappa shape index (κ3) is 2.03. The Kier molecular flexibility index (Phi) is 3.14. The van der Waals surface area contributed by atoms with Gasteiger partial charge in [0.1, 0.15) is 0 Å². The molecule has 0 spiro atoms. The summed E-state index contributed by atoms with van der Waals surface area (Å²) in [5, 5.41) is 14.2. The maximum Gasteiger partial charge on any atom is 0.315 e. The minimum atomic E-state index is -0.455. The fourth-order valence-electron chi connectivity index (χ4n) is 1.88. The molecule has 0 saturated carbocycles. The molecule has 1 heterocycles. The summed E-state index contributed by atoms with van der Waals surface area (Å²) in [4.78, 5) is 10.5. The first kappa shape index (κ1) is 11.7. The molecule has 1 fully saturated rings. The summed E-state index contributed by atoms with van der Waals surface area (Å²) < 4.78 is 10.2. The molecule has 1 aliphatic heterocycles. The van der Waals surface area contributed by atoms with Crippen LogP contribution in [0, 0.1) is 10.1 Å². The Morgan fingerprint density at radius 2 is 2.12 bits per heavy atom. The molecule has 1 N–H and O–H groups in total. The summed E-state index contributed by atoms with van der Waals surface area (Å²) in [6.45, 7) is 0.937. The van der Waals surface area contributed by atoms with E-state index in [2.05, 4.69) is 5.32 Å². The van der Waals surface area contributed by atoms with Crippen LogP contribution in [0.2, 0.25) is 0 Å². The van der Waals surface area contributed by atoms with Gasteiger partial charge in [0.2, 0.25) is 5.75 Å². The van der Waals surface area contributed by atoms with Crippen molar-refractivity contribution in [2.75, 3.05) is 20.8 Å². The van der Waals surface area contributed by atoms with E-state index >= 15 is 0 Å². The maximum atomic E-state index is 11.0. The molecule has 1 aromatic rings. The second-order valence-electron chi connectivity index (χ2n) is 3.83. The third-order valence-corrected chi connectivity index (χ3v) is 2.90. The standard InChI is InChI=1S/C11H14N2O4/c1-16-10-6-7(8-3-4-12-8)5-9(13(14)15)11(10)17-2/h5-6,8,12H,3-4H2,1-2H3. The highest BCUT2D eigenvalue weighted by Gasteiger charge is 2.26. The van der Waals surface area contributed by atoms with Crippen molar-refractivity contribution in [3.05, 3.63) is 27.8 Å². The highest BCUT2D eigenvalue weighted by molar-refractivity contribution is 5.58. The van der Waals surface area contributed by atoms with Crippen molar-refractivity contribution >= 4 is 5.69 Å². The molecule has 1 unspecified atom stereocenters. The molecule has 1 aliphatic rings. The molecular formula is C11H14N2O4. The van der Waals surface area contributed by atoms with Crippen LogP contribution in [0.4, 0.5) is 5.69 Å². The Morgan fingerprint density at radius 1 is 1.41 bits per heavy atom. The zero-order valence-electron chi connectivity index (χ0n) is 9.73. The van der Waals surface area contributed by atoms with E-state index in [1.165, 1.54) is 20.3 Å². The van der Waals surface area contributed by atoms with Crippen LogP contribution in [0.25, 0.3) is 0 Å². The fourth-order valence-corrected chi connectivity index (χ4v) is 1.88. The molecule has 6 nitrogen and oxygen atoms in total. The van der Waals surface area contributed by atoms with Crippen molar-refractivity contribution in [1.29, 1.82) is 0 Å². The monoisotopic (exact) mass is 238 g/mol. The van der Waals surface area contributed by atoms with Crippen LogP contribution in [0.15, 0.2) is 12.1 Å². The van der Waals surface area contributed by atoms with Gasteiger partial charge < -0.3 is 14.8 Å². The van der Waals surface area contributed by atoms with Gasteiger partial charge in [-0.15, -0.1) is 0 Å². The molecule has 92 valence electrons. The van der Waals surface area contributed by atoms with E-state index in [0.29, 0.717) is 5.75 Å². The molecule has 17 heavy (non-hydrogen) atoms. The van der Waals surface area contributed by atoms with Gasteiger partial charge in [-0.1, -0.05) is 0 Å². The minimum absolute atomic E-state index is 0.0597. The quantitative estimate of drug-likeness (QED) is 0.637. The lowest BCUT2D eigenvalue weighted by atomic mass is 9.97. The molecular weight excluding hydrogens is 224 g/mol. The van der Waals surface area contributed by atoms with Crippen LogP contribution in [-0.4, -0.2) is 25.7 Å². The van der Waals surface area contributed by atoms with Crippen molar-refractivity contribution < 1.29 is 14.4 Å². The average molecular weight is 238 g/mol. The number of hydrogen-bond donors (Lipinski definition) is 1. The molecule has 0 aromatic heterocycles. The topological polar surface area (TPSA) is 73.6 Å². The number of methoxy groups -OCH3 is 2. The molecule has 1 atom stereocenters. The van der Waals surface area contributed by atoms with Gasteiger partial charge in [0, 0.05) is 12.1 Å². The van der Waals surface area contributed by atoms with E-state index in [0.717, 1.165) is 18.5 Å². The van der Waals surface area contributed by atoms with Crippen LogP contribution in [0.3, 0.4) is 0 Å². The first-order valence-electron chi connectivity index (χ1n) is 5.31. The lowest BCUT2D eigenvalue weighted by Gasteiger charge is -2.28. The highest BCUT2D eigenvalue weighted by Crippen LogP contribution is 2.40. The van der Waals surface area contributed by atoms with Gasteiger partial charge in [0.25, 0.3) is 0 Å². The molecule has 2 rings (SSSR count). The molecule has 0 amide bonds. The van der Waals surface area contributed by atoms with Crippen LogP contribution in [0.5, 0.6) is 11.5 Å². The maximum absolute atomic E-state index is 11.0. The summed E-state index contributed by atoms with van der Waals surface area (Å²) in [7, 11) is 2.87. The summed E-state index contributed by atoms with van der Waals surface area (Å²) in [5.41, 5.74) is 0.802. The van der Waals surface area contributed by atoms with Gasteiger partial charge in [-0.05, 0) is 24.6 Å². The van der Waals surface area contributed by atoms with Crippen LogP contribution in [0.1, 0.15) is 18.0 Å². The third-order valence-electron chi connectivity index (χ3n) is 2.90. The number of ether oxygens (including phenoxy) is 2. The van der Waals surface area contributed by atoms with Crippen molar-refractivity contribution in [3.63, 3.8) is 0 Å². The Morgan fingerprint density at radius 3 is 2.53 bits per heavy atom. The molecule has 0 radical (unpaired) electrons. The SMILES string of the molecule is COc1cc(C2CCN2)cc([N+](=O)[O-])c1OC.